The fraction of sp³-hybridized carbons (Fsp3) is 0.231. The molecule has 1 aromatic heterocycles. The van der Waals surface area contributed by atoms with Crippen molar-refractivity contribution in [1.29, 1.82) is 0 Å². The van der Waals surface area contributed by atoms with E-state index in [9.17, 15) is 0 Å². The summed E-state index contributed by atoms with van der Waals surface area (Å²) in [5.74, 6) is 0.785. The van der Waals surface area contributed by atoms with Gasteiger partial charge in [-0.25, -0.2) is 4.99 Å². The molecule has 4 heteroatoms. The molecule has 0 saturated carbocycles. The molecule has 0 bridgehead atoms. The Balaban J connectivity index is 2.45. The fourth-order valence-corrected chi connectivity index (χ4v) is 1.62. The highest BCUT2D eigenvalue weighted by atomic mass is 16.5. The van der Waals surface area contributed by atoms with Crippen LogP contribution in [0.15, 0.2) is 35.6 Å². The van der Waals surface area contributed by atoms with Crippen LogP contribution in [0.25, 0.3) is 0 Å². The lowest BCUT2D eigenvalue weighted by Crippen LogP contribution is -1.93. The Morgan fingerprint density at radius 3 is 2.88 bits per heavy atom. The molecule has 17 heavy (non-hydrogen) atoms. The number of aromatic amines is 1. The predicted octanol–water partition coefficient (Wildman–Crippen LogP) is 2.87. The van der Waals surface area contributed by atoms with Gasteiger partial charge in [0.1, 0.15) is 11.4 Å². The zero-order valence-corrected chi connectivity index (χ0v) is 10.2. The van der Waals surface area contributed by atoms with Crippen LogP contribution < -0.4 is 4.74 Å². The number of rotatable bonds is 3. The fourth-order valence-electron chi connectivity index (χ4n) is 1.62. The highest BCUT2D eigenvalue weighted by Crippen LogP contribution is 2.31. The second kappa shape index (κ2) is 4.82. The summed E-state index contributed by atoms with van der Waals surface area (Å²) in [6.07, 6.45) is 3.58. The third-order valence-electron chi connectivity index (χ3n) is 2.62. The number of aromatic nitrogens is 2. The summed E-state index contributed by atoms with van der Waals surface area (Å²) in [6, 6.07) is 5.89. The normalized spacial score (nSPS) is 11.6. The first-order valence-corrected chi connectivity index (χ1v) is 5.40. The maximum atomic E-state index is 5.31. The van der Waals surface area contributed by atoms with Gasteiger partial charge >= 0.3 is 0 Å². The zero-order chi connectivity index (χ0) is 12.3. The van der Waals surface area contributed by atoms with E-state index in [1.165, 1.54) is 0 Å². The molecule has 1 aromatic carbocycles. The van der Waals surface area contributed by atoms with E-state index in [0.717, 1.165) is 28.3 Å². The zero-order valence-electron chi connectivity index (χ0n) is 10.2. The van der Waals surface area contributed by atoms with Gasteiger partial charge in [0.05, 0.1) is 13.3 Å². The Hall–Kier alpha value is -2.10. The number of nitrogens with one attached hydrogen (secondary N) is 1. The molecule has 1 N–H and O–H groups in total. The van der Waals surface area contributed by atoms with Gasteiger partial charge < -0.3 is 4.74 Å². The first kappa shape index (κ1) is 11.4. The van der Waals surface area contributed by atoms with Crippen LogP contribution in [0.5, 0.6) is 5.75 Å². The molecule has 0 aliphatic heterocycles. The number of benzene rings is 1. The van der Waals surface area contributed by atoms with Crippen molar-refractivity contribution in [2.45, 2.75) is 13.8 Å². The van der Waals surface area contributed by atoms with Crippen molar-refractivity contribution < 1.29 is 4.74 Å². The Labute approximate surface area is 100 Å². The molecule has 88 valence electrons. The summed E-state index contributed by atoms with van der Waals surface area (Å²) in [5.41, 5.74) is 3.85. The molecular weight excluding hydrogens is 214 g/mol. The molecule has 1 heterocycles. The summed E-state index contributed by atoms with van der Waals surface area (Å²) in [5, 5.41) is 6.69. The van der Waals surface area contributed by atoms with Crippen LogP contribution in [-0.4, -0.2) is 23.0 Å². The van der Waals surface area contributed by atoms with E-state index in [1.54, 1.807) is 13.3 Å². The van der Waals surface area contributed by atoms with Crippen molar-refractivity contribution in [2.75, 3.05) is 7.11 Å². The van der Waals surface area contributed by atoms with Crippen LogP contribution in [0.3, 0.4) is 0 Å². The molecule has 0 spiro atoms. The van der Waals surface area contributed by atoms with Crippen LogP contribution in [-0.2, 0) is 0 Å². The average Bonchev–Trinajstić information content (AvgIpc) is 2.85. The average molecular weight is 229 g/mol. The molecular formula is C13H15N3O. The number of hydrogen-bond donors (Lipinski definition) is 1. The smallest absolute Gasteiger partial charge is 0.144 e. The Morgan fingerprint density at radius 2 is 2.24 bits per heavy atom. The van der Waals surface area contributed by atoms with E-state index in [0.29, 0.717) is 0 Å². The van der Waals surface area contributed by atoms with Crippen molar-refractivity contribution in [3.05, 3.63) is 41.7 Å². The maximum absolute atomic E-state index is 5.31. The van der Waals surface area contributed by atoms with E-state index in [1.807, 2.05) is 38.2 Å². The molecule has 2 aromatic rings. The van der Waals surface area contributed by atoms with Gasteiger partial charge in [0.2, 0.25) is 0 Å². The van der Waals surface area contributed by atoms with Gasteiger partial charge in [0.15, 0.2) is 0 Å². The van der Waals surface area contributed by atoms with Crippen LogP contribution >= 0.6 is 0 Å². The molecule has 0 unspecified atom stereocenters. The number of nitrogens with zero attached hydrogens (tertiary/aromatic N) is 2. The lowest BCUT2D eigenvalue weighted by Gasteiger charge is -2.07. The number of para-hydroxylation sites is 1. The van der Waals surface area contributed by atoms with Gasteiger partial charge in [-0.05, 0) is 25.5 Å². The number of aryl methyl sites for hydroxylation is 1. The number of aliphatic imine (C=N–C) groups is 1. The number of hydrogen-bond acceptors (Lipinski definition) is 3. The van der Waals surface area contributed by atoms with Gasteiger partial charge in [0.25, 0.3) is 0 Å². The van der Waals surface area contributed by atoms with E-state index in [2.05, 4.69) is 15.2 Å². The standard InChI is InChI=1S/C13H15N3O/c1-9-5-4-6-12(17-3)13(9)16-10(2)11-7-14-15-8-11/h4-8H,1-3H3,(H,14,15). The van der Waals surface area contributed by atoms with Crippen molar-refractivity contribution >= 4 is 11.4 Å². The second-order valence-electron chi connectivity index (χ2n) is 3.81. The summed E-state index contributed by atoms with van der Waals surface area (Å²) < 4.78 is 5.31. The molecule has 0 fully saturated rings. The van der Waals surface area contributed by atoms with Gasteiger partial charge in [-0.2, -0.15) is 5.10 Å². The minimum atomic E-state index is 0.785. The third-order valence-corrected chi connectivity index (χ3v) is 2.62. The van der Waals surface area contributed by atoms with Crippen LogP contribution in [0.4, 0.5) is 5.69 Å². The third kappa shape index (κ3) is 2.36. The van der Waals surface area contributed by atoms with Gasteiger partial charge in [0, 0.05) is 17.5 Å². The Bertz CT molecular complexity index is 530. The number of methoxy groups -OCH3 is 1. The van der Waals surface area contributed by atoms with E-state index in [4.69, 9.17) is 4.74 Å². The van der Waals surface area contributed by atoms with E-state index in [-0.39, 0.29) is 0 Å². The van der Waals surface area contributed by atoms with Crippen molar-refractivity contribution in [1.82, 2.24) is 10.2 Å². The minimum Gasteiger partial charge on any atom is -0.494 e. The highest BCUT2D eigenvalue weighted by molar-refractivity contribution is 6.00. The van der Waals surface area contributed by atoms with Crippen molar-refractivity contribution in [3.63, 3.8) is 0 Å². The van der Waals surface area contributed by atoms with Crippen LogP contribution in [0, 0.1) is 6.92 Å². The van der Waals surface area contributed by atoms with E-state index < -0.39 is 0 Å². The first-order chi connectivity index (χ1) is 8.22. The van der Waals surface area contributed by atoms with Crippen LogP contribution in [0.1, 0.15) is 18.1 Å². The second-order valence-corrected chi connectivity index (χ2v) is 3.81. The molecule has 0 saturated heterocycles. The SMILES string of the molecule is COc1cccc(C)c1N=C(C)c1cn[nH]c1. The largest absolute Gasteiger partial charge is 0.494 e. The summed E-state index contributed by atoms with van der Waals surface area (Å²) in [7, 11) is 1.65. The quantitative estimate of drug-likeness (QED) is 0.823. The summed E-state index contributed by atoms with van der Waals surface area (Å²) in [6.45, 7) is 3.97. The molecule has 0 amide bonds. The molecule has 0 radical (unpaired) electrons. The topological polar surface area (TPSA) is 50.3 Å². The monoisotopic (exact) mass is 229 g/mol. The number of ether oxygens (including phenoxy) is 1. The first-order valence-electron chi connectivity index (χ1n) is 5.40. The summed E-state index contributed by atoms with van der Waals surface area (Å²) >= 11 is 0. The van der Waals surface area contributed by atoms with Gasteiger partial charge in [-0.15, -0.1) is 0 Å². The molecule has 2 rings (SSSR count). The lowest BCUT2D eigenvalue weighted by atomic mass is 10.1. The molecule has 0 aliphatic carbocycles. The summed E-state index contributed by atoms with van der Waals surface area (Å²) in [4.78, 5) is 4.60. The van der Waals surface area contributed by atoms with Gasteiger partial charge in [-0.1, -0.05) is 12.1 Å². The molecule has 0 aliphatic rings. The minimum absolute atomic E-state index is 0.785. The highest BCUT2D eigenvalue weighted by Gasteiger charge is 2.06. The maximum Gasteiger partial charge on any atom is 0.144 e. The number of H-pyrrole nitrogens is 1. The Kier molecular flexibility index (Phi) is 3.23. The van der Waals surface area contributed by atoms with Crippen molar-refractivity contribution in [3.8, 4) is 5.75 Å². The lowest BCUT2D eigenvalue weighted by molar-refractivity contribution is 0.416. The Morgan fingerprint density at radius 1 is 1.41 bits per heavy atom. The molecule has 0 atom stereocenters. The van der Waals surface area contributed by atoms with Crippen molar-refractivity contribution in [2.24, 2.45) is 4.99 Å². The van der Waals surface area contributed by atoms with Crippen LogP contribution in [0.2, 0.25) is 0 Å². The van der Waals surface area contributed by atoms with Gasteiger partial charge in [-0.3, -0.25) is 5.10 Å². The van der Waals surface area contributed by atoms with E-state index >= 15 is 0 Å². The predicted molar refractivity (Wildman–Crippen MR) is 68.2 cm³/mol. The molecule has 4 nitrogen and oxygen atoms in total.